The van der Waals surface area contributed by atoms with E-state index >= 15 is 0 Å². The van der Waals surface area contributed by atoms with Crippen molar-refractivity contribution in [2.24, 2.45) is 0 Å². The van der Waals surface area contributed by atoms with Crippen molar-refractivity contribution in [2.45, 2.75) is 33.3 Å². The van der Waals surface area contributed by atoms with Crippen LogP contribution in [-0.4, -0.2) is 11.2 Å². The SMILES string of the molecule is CC1=CC(C)=C(C)CC1O. The second-order valence-corrected chi connectivity index (χ2v) is 3.07. The van der Waals surface area contributed by atoms with Crippen molar-refractivity contribution in [1.82, 2.24) is 0 Å². The molecule has 0 saturated heterocycles. The summed E-state index contributed by atoms with van der Waals surface area (Å²) in [6.45, 7) is 6.13. The van der Waals surface area contributed by atoms with E-state index in [0.29, 0.717) is 0 Å². The molecule has 1 nitrogen and oxygen atoms in total. The lowest BCUT2D eigenvalue weighted by Gasteiger charge is -2.18. The fraction of sp³-hybridized carbons (Fsp3) is 0.556. The highest BCUT2D eigenvalue weighted by Gasteiger charge is 2.12. The van der Waals surface area contributed by atoms with Gasteiger partial charge in [-0.15, -0.1) is 0 Å². The quantitative estimate of drug-likeness (QED) is 0.543. The third-order valence-electron chi connectivity index (χ3n) is 2.14. The van der Waals surface area contributed by atoms with Crippen LogP contribution in [0.3, 0.4) is 0 Å². The molecule has 0 heterocycles. The van der Waals surface area contributed by atoms with Gasteiger partial charge >= 0.3 is 0 Å². The zero-order valence-corrected chi connectivity index (χ0v) is 6.81. The summed E-state index contributed by atoms with van der Waals surface area (Å²) in [5.74, 6) is 0. The lowest BCUT2D eigenvalue weighted by Crippen LogP contribution is -2.12. The topological polar surface area (TPSA) is 20.2 Å². The van der Waals surface area contributed by atoms with E-state index in [9.17, 15) is 5.11 Å². The van der Waals surface area contributed by atoms with Crippen LogP contribution in [0.1, 0.15) is 27.2 Å². The summed E-state index contributed by atoms with van der Waals surface area (Å²) in [5.41, 5.74) is 3.70. The maximum atomic E-state index is 9.36. The van der Waals surface area contributed by atoms with Gasteiger partial charge in [-0.1, -0.05) is 17.2 Å². The Balaban J connectivity index is 2.88. The van der Waals surface area contributed by atoms with Crippen LogP contribution in [-0.2, 0) is 0 Å². The van der Waals surface area contributed by atoms with E-state index in [2.05, 4.69) is 19.9 Å². The Labute approximate surface area is 62.1 Å². The summed E-state index contributed by atoms with van der Waals surface area (Å²) < 4.78 is 0. The lowest BCUT2D eigenvalue weighted by atomic mass is 9.93. The number of allylic oxidation sites excluding steroid dienone is 2. The summed E-state index contributed by atoms with van der Waals surface area (Å²) in [4.78, 5) is 0. The molecule has 1 atom stereocenters. The van der Waals surface area contributed by atoms with E-state index in [1.54, 1.807) is 0 Å². The van der Waals surface area contributed by atoms with Gasteiger partial charge in [0.05, 0.1) is 6.10 Å². The van der Waals surface area contributed by atoms with Gasteiger partial charge in [0.25, 0.3) is 0 Å². The number of aliphatic hydroxyl groups is 1. The molecule has 0 radical (unpaired) electrons. The Morgan fingerprint density at radius 2 is 2.00 bits per heavy atom. The summed E-state index contributed by atoms with van der Waals surface area (Å²) >= 11 is 0. The summed E-state index contributed by atoms with van der Waals surface area (Å²) in [5, 5.41) is 9.36. The molecule has 1 heteroatoms. The Kier molecular flexibility index (Phi) is 1.95. The molecule has 10 heavy (non-hydrogen) atoms. The molecular weight excluding hydrogens is 124 g/mol. The van der Waals surface area contributed by atoms with E-state index < -0.39 is 0 Å². The highest BCUT2D eigenvalue weighted by atomic mass is 16.3. The molecule has 0 aromatic carbocycles. The van der Waals surface area contributed by atoms with Crippen LogP contribution < -0.4 is 0 Å². The third-order valence-corrected chi connectivity index (χ3v) is 2.14. The van der Waals surface area contributed by atoms with E-state index in [4.69, 9.17) is 0 Å². The zero-order chi connectivity index (χ0) is 7.72. The minimum absolute atomic E-state index is 0.233. The van der Waals surface area contributed by atoms with Gasteiger partial charge in [0, 0.05) is 0 Å². The average molecular weight is 138 g/mol. The first-order valence-corrected chi connectivity index (χ1v) is 3.64. The van der Waals surface area contributed by atoms with Gasteiger partial charge < -0.3 is 5.11 Å². The number of rotatable bonds is 0. The molecular formula is C9H14O. The van der Waals surface area contributed by atoms with Gasteiger partial charge in [-0.2, -0.15) is 0 Å². The Morgan fingerprint density at radius 3 is 2.50 bits per heavy atom. The van der Waals surface area contributed by atoms with Crippen LogP contribution in [0.4, 0.5) is 0 Å². The third kappa shape index (κ3) is 1.29. The maximum Gasteiger partial charge on any atom is 0.0787 e. The fourth-order valence-electron chi connectivity index (χ4n) is 1.17. The first-order chi connectivity index (χ1) is 4.61. The molecule has 1 N–H and O–H groups in total. The van der Waals surface area contributed by atoms with Gasteiger partial charge in [-0.05, 0) is 32.8 Å². The lowest BCUT2D eigenvalue weighted by molar-refractivity contribution is 0.209. The predicted octanol–water partition coefficient (Wildman–Crippen LogP) is 2.03. The number of hydrogen-bond donors (Lipinski definition) is 1. The predicted molar refractivity (Wildman–Crippen MR) is 42.8 cm³/mol. The molecule has 0 aromatic heterocycles. The number of aliphatic hydroxyl groups excluding tert-OH is 1. The monoisotopic (exact) mass is 138 g/mol. The molecule has 1 rings (SSSR count). The highest BCUT2D eigenvalue weighted by Crippen LogP contribution is 2.22. The summed E-state index contributed by atoms with van der Waals surface area (Å²) in [6, 6.07) is 0. The molecule has 1 aliphatic rings. The molecule has 0 fully saturated rings. The maximum absolute atomic E-state index is 9.36. The molecule has 0 aliphatic heterocycles. The van der Waals surface area contributed by atoms with Crippen molar-refractivity contribution in [3.05, 3.63) is 22.8 Å². The van der Waals surface area contributed by atoms with E-state index in [-0.39, 0.29) is 6.10 Å². The first-order valence-electron chi connectivity index (χ1n) is 3.64. The van der Waals surface area contributed by atoms with Crippen LogP contribution in [0.5, 0.6) is 0 Å². The minimum Gasteiger partial charge on any atom is -0.388 e. The average Bonchev–Trinajstić information content (AvgIpc) is 1.84. The minimum atomic E-state index is -0.233. The second-order valence-electron chi connectivity index (χ2n) is 3.07. The van der Waals surface area contributed by atoms with E-state index in [1.807, 2.05) is 6.92 Å². The van der Waals surface area contributed by atoms with Crippen LogP contribution in [0, 0.1) is 0 Å². The second kappa shape index (κ2) is 2.59. The molecule has 1 unspecified atom stereocenters. The van der Waals surface area contributed by atoms with Gasteiger partial charge in [0.1, 0.15) is 0 Å². The fourth-order valence-corrected chi connectivity index (χ4v) is 1.17. The zero-order valence-electron chi connectivity index (χ0n) is 6.81. The van der Waals surface area contributed by atoms with Gasteiger partial charge in [-0.3, -0.25) is 0 Å². The smallest absolute Gasteiger partial charge is 0.0787 e. The van der Waals surface area contributed by atoms with Crippen molar-refractivity contribution in [2.75, 3.05) is 0 Å². The Hall–Kier alpha value is -0.560. The van der Waals surface area contributed by atoms with Crippen molar-refractivity contribution in [1.29, 1.82) is 0 Å². The molecule has 0 amide bonds. The van der Waals surface area contributed by atoms with E-state index in [1.165, 1.54) is 11.1 Å². The molecule has 0 bridgehead atoms. The Bertz CT molecular complexity index is 199. The van der Waals surface area contributed by atoms with Gasteiger partial charge in [0.15, 0.2) is 0 Å². The first kappa shape index (κ1) is 7.55. The number of hydrogen-bond acceptors (Lipinski definition) is 1. The van der Waals surface area contributed by atoms with Crippen molar-refractivity contribution in [3.63, 3.8) is 0 Å². The van der Waals surface area contributed by atoms with Crippen molar-refractivity contribution in [3.8, 4) is 0 Å². The van der Waals surface area contributed by atoms with Gasteiger partial charge in [-0.25, -0.2) is 0 Å². The highest BCUT2D eigenvalue weighted by molar-refractivity contribution is 5.32. The van der Waals surface area contributed by atoms with Gasteiger partial charge in [0.2, 0.25) is 0 Å². The molecule has 0 saturated carbocycles. The Morgan fingerprint density at radius 1 is 1.40 bits per heavy atom. The van der Waals surface area contributed by atoms with Crippen molar-refractivity contribution >= 4 is 0 Å². The summed E-state index contributed by atoms with van der Waals surface area (Å²) in [7, 11) is 0. The van der Waals surface area contributed by atoms with Crippen LogP contribution in [0.2, 0.25) is 0 Å². The standard InChI is InChI=1S/C9H14O/c1-6-4-8(3)9(10)5-7(6)2/h4,9-10H,5H2,1-3H3. The van der Waals surface area contributed by atoms with Crippen molar-refractivity contribution < 1.29 is 5.11 Å². The van der Waals surface area contributed by atoms with E-state index in [0.717, 1.165) is 12.0 Å². The largest absolute Gasteiger partial charge is 0.388 e. The summed E-state index contributed by atoms with van der Waals surface area (Å²) in [6.07, 6.45) is 2.64. The normalized spacial score (nSPS) is 26.8. The molecule has 1 aliphatic carbocycles. The molecule has 0 spiro atoms. The van der Waals surface area contributed by atoms with Crippen LogP contribution in [0.15, 0.2) is 22.8 Å². The van der Waals surface area contributed by atoms with Crippen LogP contribution >= 0.6 is 0 Å². The van der Waals surface area contributed by atoms with Crippen LogP contribution in [0.25, 0.3) is 0 Å². The molecule has 0 aromatic rings. The molecule has 56 valence electrons.